The van der Waals surface area contributed by atoms with Crippen LogP contribution in [0.2, 0.25) is 5.02 Å². The topological polar surface area (TPSA) is 101 Å². The highest BCUT2D eigenvalue weighted by Gasteiger charge is 2.19. The van der Waals surface area contributed by atoms with Gasteiger partial charge in [-0.25, -0.2) is 13.2 Å². The molecule has 112 valence electrons. The van der Waals surface area contributed by atoms with Crippen LogP contribution in [-0.4, -0.2) is 29.3 Å². The van der Waals surface area contributed by atoms with E-state index in [1.807, 2.05) is 6.92 Å². The normalized spacial score (nSPS) is 11.3. The number of hydrogen-bond acceptors (Lipinski definition) is 4. The predicted molar refractivity (Wildman–Crippen MR) is 77.1 cm³/mol. The molecule has 0 aliphatic carbocycles. The minimum absolute atomic E-state index is 0.0275. The Morgan fingerprint density at radius 3 is 2.76 bits per heavy atom. The Kier molecular flexibility index (Phi) is 4.19. The molecule has 1 aromatic heterocycles. The maximum atomic E-state index is 12.2. The van der Waals surface area contributed by atoms with E-state index in [0.717, 1.165) is 6.07 Å². The highest BCUT2D eigenvalue weighted by molar-refractivity contribution is 7.92. The van der Waals surface area contributed by atoms with Crippen LogP contribution in [0.4, 0.5) is 5.69 Å². The molecule has 21 heavy (non-hydrogen) atoms. The van der Waals surface area contributed by atoms with Gasteiger partial charge in [0.2, 0.25) is 0 Å². The van der Waals surface area contributed by atoms with Crippen molar-refractivity contribution in [3.8, 4) is 0 Å². The molecule has 2 aromatic rings. The van der Waals surface area contributed by atoms with E-state index in [9.17, 15) is 13.2 Å². The Labute approximate surface area is 126 Å². The molecule has 0 aliphatic heterocycles. The molecule has 0 spiro atoms. The van der Waals surface area contributed by atoms with E-state index >= 15 is 0 Å². The van der Waals surface area contributed by atoms with Gasteiger partial charge in [0, 0.05) is 12.7 Å². The standard InChI is InChI=1S/C12H12ClN3O4S/c1-2-16-7-8(6-14-16)15-21(19,20)9-3-4-11(13)10(5-9)12(17)18/h3-7,15H,2H2,1H3,(H,17,18). The monoisotopic (exact) mass is 329 g/mol. The summed E-state index contributed by atoms with van der Waals surface area (Å²) in [6, 6.07) is 3.48. The molecule has 0 aliphatic rings. The molecule has 0 saturated carbocycles. The Morgan fingerprint density at radius 2 is 2.19 bits per heavy atom. The fourth-order valence-electron chi connectivity index (χ4n) is 1.64. The van der Waals surface area contributed by atoms with Crippen LogP contribution in [0.3, 0.4) is 0 Å². The van der Waals surface area contributed by atoms with Crippen molar-refractivity contribution in [2.75, 3.05) is 4.72 Å². The van der Waals surface area contributed by atoms with Crippen molar-refractivity contribution < 1.29 is 18.3 Å². The molecule has 0 unspecified atom stereocenters. The number of aryl methyl sites for hydroxylation is 1. The van der Waals surface area contributed by atoms with E-state index in [-0.39, 0.29) is 15.5 Å². The number of carbonyl (C=O) groups is 1. The Balaban J connectivity index is 2.35. The quantitative estimate of drug-likeness (QED) is 0.874. The van der Waals surface area contributed by atoms with E-state index in [1.165, 1.54) is 24.5 Å². The van der Waals surface area contributed by atoms with Crippen LogP contribution in [0, 0.1) is 0 Å². The first-order valence-corrected chi connectivity index (χ1v) is 7.77. The number of anilines is 1. The third-order valence-electron chi connectivity index (χ3n) is 2.69. The third-order valence-corrected chi connectivity index (χ3v) is 4.40. The van der Waals surface area contributed by atoms with E-state index < -0.39 is 16.0 Å². The lowest BCUT2D eigenvalue weighted by atomic mass is 10.2. The number of aromatic nitrogens is 2. The van der Waals surface area contributed by atoms with Crippen LogP contribution in [0.5, 0.6) is 0 Å². The van der Waals surface area contributed by atoms with Gasteiger partial charge in [0.05, 0.1) is 27.4 Å². The first-order valence-electron chi connectivity index (χ1n) is 5.91. The van der Waals surface area contributed by atoms with Gasteiger partial charge in [-0.1, -0.05) is 11.6 Å². The minimum atomic E-state index is -3.91. The number of aromatic carboxylic acids is 1. The smallest absolute Gasteiger partial charge is 0.337 e. The Hall–Kier alpha value is -2.06. The maximum absolute atomic E-state index is 12.2. The molecule has 7 nitrogen and oxygen atoms in total. The van der Waals surface area contributed by atoms with Gasteiger partial charge in [-0.15, -0.1) is 0 Å². The van der Waals surface area contributed by atoms with Crippen molar-refractivity contribution in [3.05, 3.63) is 41.2 Å². The Bertz CT molecular complexity index is 786. The number of carboxylic acids is 1. The van der Waals surface area contributed by atoms with Gasteiger partial charge < -0.3 is 5.11 Å². The van der Waals surface area contributed by atoms with Crippen molar-refractivity contribution >= 4 is 33.3 Å². The van der Waals surface area contributed by atoms with Crippen LogP contribution in [-0.2, 0) is 16.6 Å². The van der Waals surface area contributed by atoms with Crippen molar-refractivity contribution in [2.24, 2.45) is 0 Å². The molecule has 1 heterocycles. The summed E-state index contributed by atoms with van der Waals surface area (Å²) in [5.74, 6) is -1.30. The van der Waals surface area contributed by atoms with Gasteiger partial charge in [-0.05, 0) is 25.1 Å². The van der Waals surface area contributed by atoms with E-state index in [0.29, 0.717) is 12.2 Å². The molecule has 2 rings (SSSR count). The van der Waals surface area contributed by atoms with Crippen molar-refractivity contribution in [1.82, 2.24) is 9.78 Å². The Morgan fingerprint density at radius 1 is 1.48 bits per heavy atom. The molecule has 1 aromatic carbocycles. The summed E-state index contributed by atoms with van der Waals surface area (Å²) in [7, 11) is -3.91. The zero-order valence-electron chi connectivity index (χ0n) is 10.9. The van der Waals surface area contributed by atoms with Crippen LogP contribution < -0.4 is 4.72 Å². The molecule has 9 heteroatoms. The van der Waals surface area contributed by atoms with Crippen LogP contribution in [0.15, 0.2) is 35.5 Å². The number of sulfonamides is 1. The van der Waals surface area contributed by atoms with Gasteiger partial charge in [-0.2, -0.15) is 5.10 Å². The van der Waals surface area contributed by atoms with Crippen molar-refractivity contribution in [3.63, 3.8) is 0 Å². The average Bonchev–Trinajstić information content (AvgIpc) is 2.85. The number of rotatable bonds is 5. The molecule has 0 radical (unpaired) electrons. The van der Waals surface area contributed by atoms with Crippen LogP contribution in [0.25, 0.3) is 0 Å². The molecular weight excluding hydrogens is 318 g/mol. The zero-order chi connectivity index (χ0) is 15.6. The molecule has 0 saturated heterocycles. The first-order chi connectivity index (χ1) is 9.83. The summed E-state index contributed by atoms with van der Waals surface area (Å²) < 4.78 is 28.3. The molecule has 0 amide bonds. The summed E-state index contributed by atoms with van der Waals surface area (Å²) in [6.07, 6.45) is 2.90. The first kappa shape index (κ1) is 15.3. The van der Waals surface area contributed by atoms with E-state index in [2.05, 4.69) is 9.82 Å². The summed E-state index contributed by atoms with van der Waals surface area (Å²) in [5, 5.41) is 12.9. The van der Waals surface area contributed by atoms with Crippen molar-refractivity contribution in [1.29, 1.82) is 0 Å². The largest absolute Gasteiger partial charge is 0.478 e. The second-order valence-corrected chi connectivity index (χ2v) is 6.23. The van der Waals surface area contributed by atoms with Crippen molar-refractivity contribution in [2.45, 2.75) is 18.4 Å². The fraction of sp³-hybridized carbons (Fsp3) is 0.167. The average molecular weight is 330 g/mol. The van der Waals surface area contributed by atoms with E-state index in [1.54, 1.807) is 4.68 Å². The van der Waals surface area contributed by atoms with Crippen LogP contribution in [0.1, 0.15) is 17.3 Å². The summed E-state index contributed by atoms with van der Waals surface area (Å²) >= 11 is 5.71. The lowest BCUT2D eigenvalue weighted by molar-refractivity contribution is 0.0697. The molecule has 0 bridgehead atoms. The molecule has 0 atom stereocenters. The number of nitrogens with one attached hydrogen (secondary N) is 1. The van der Waals surface area contributed by atoms with Gasteiger partial charge in [-0.3, -0.25) is 9.40 Å². The SMILES string of the molecule is CCn1cc(NS(=O)(=O)c2ccc(Cl)c(C(=O)O)c2)cn1. The summed E-state index contributed by atoms with van der Waals surface area (Å²) in [4.78, 5) is 10.8. The van der Waals surface area contributed by atoms with Gasteiger partial charge in [0.15, 0.2) is 0 Å². The fourth-order valence-corrected chi connectivity index (χ4v) is 2.89. The highest BCUT2D eigenvalue weighted by Crippen LogP contribution is 2.22. The summed E-state index contributed by atoms with van der Waals surface area (Å²) in [5.41, 5.74) is 0.0208. The summed E-state index contributed by atoms with van der Waals surface area (Å²) in [6.45, 7) is 2.47. The van der Waals surface area contributed by atoms with Crippen LogP contribution >= 0.6 is 11.6 Å². The molecular formula is C12H12ClN3O4S. The lowest BCUT2D eigenvalue weighted by Gasteiger charge is -2.07. The second kappa shape index (κ2) is 5.74. The zero-order valence-corrected chi connectivity index (χ0v) is 12.5. The lowest BCUT2D eigenvalue weighted by Crippen LogP contribution is -2.13. The number of nitrogens with zero attached hydrogens (tertiary/aromatic N) is 2. The van der Waals surface area contributed by atoms with Gasteiger partial charge >= 0.3 is 5.97 Å². The number of hydrogen-bond donors (Lipinski definition) is 2. The molecule has 0 fully saturated rings. The number of benzene rings is 1. The third kappa shape index (κ3) is 3.34. The maximum Gasteiger partial charge on any atom is 0.337 e. The highest BCUT2D eigenvalue weighted by atomic mass is 35.5. The number of carboxylic acid groups (broad SMARTS) is 1. The minimum Gasteiger partial charge on any atom is -0.478 e. The molecule has 2 N–H and O–H groups in total. The van der Waals surface area contributed by atoms with Gasteiger partial charge in [0.1, 0.15) is 0 Å². The van der Waals surface area contributed by atoms with Gasteiger partial charge in [0.25, 0.3) is 10.0 Å². The predicted octanol–water partition coefficient (Wildman–Crippen LogP) is 2.06. The van der Waals surface area contributed by atoms with E-state index in [4.69, 9.17) is 16.7 Å². The second-order valence-electron chi connectivity index (χ2n) is 4.14. The number of halogens is 1.